The smallest absolute Gasteiger partial charge is 0.132 e. The van der Waals surface area contributed by atoms with Crippen molar-refractivity contribution in [3.8, 4) is 11.5 Å². The van der Waals surface area contributed by atoms with Gasteiger partial charge in [0.15, 0.2) is 0 Å². The molecule has 1 rings (SSSR count). The Bertz CT molecular complexity index is 326. The maximum Gasteiger partial charge on any atom is 0.132 e. The number of aliphatic hydroxyl groups is 1. The Morgan fingerprint density at radius 3 is 2.40 bits per heavy atom. The van der Waals surface area contributed by atoms with E-state index >= 15 is 0 Å². The minimum atomic E-state index is 0.157. The quantitative estimate of drug-likeness (QED) is 0.783. The van der Waals surface area contributed by atoms with Crippen molar-refractivity contribution in [2.75, 3.05) is 26.6 Å². The van der Waals surface area contributed by atoms with E-state index in [9.17, 15) is 0 Å². The highest BCUT2D eigenvalue weighted by atomic mass is 32.2. The fourth-order valence-electron chi connectivity index (χ4n) is 1.29. The van der Waals surface area contributed by atoms with Crippen LogP contribution in [-0.2, 0) is 0 Å². The second kappa shape index (κ2) is 5.88. The molecule has 0 aliphatic carbocycles. The van der Waals surface area contributed by atoms with Gasteiger partial charge < -0.3 is 14.6 Å². The summed E-state index contributed by atoms with van der Waals surface area (Å²) in [5, 5.41) is 8.78. The summed E-state index contributed by atoms with van der Waals surface area (Å²) in [6.45, 7) is 2.13. The van der Waals surface area contributed by atoms with Crippen LogP contribution in [0, 0.1) is 6.92 Å². The monoisotopic (exact) mass is 228 g/mol. The van der Waals surface area contributed by atoms with E-state index in [0.29, 0.717) is 5.75 Å². The SMILES string of the molecule is COc1cc(SCCO)c(OC)cc1C. The van der Waals surface area contributed by atoms with Crippen LogP contribution < -0.4 is 9.47 Å². The van der Waals surface area contributed by atoms with Crippen molar-refractivity contribution in [2.45, 2.75) is 11.8 Å². The molecule has 3 nitrogen and oxygen atoms in total. The van der Waals surface area contributed by atoms with Gasteiger partial charge in [-0.05, 0) is 24.6 Å². The molecule has 4 heteroatoms. The number of rotatable bonds is 5. The average molecular weight is 228 g/mol. The van der Waals surface area contributed by atoms with Crippen LogP contribution in [0.1, 0.15) is 5.56 Å². The number of ether oxygens (including phenoxy) is 2. The molecule has 15 heavy (non-hydrogen) atoms. The number of thioether (sulfide) groups is 1. The van der Waals surface area contributed by atoms with Crippen molar-refractivity contribution in [1.29, 1.82) is 0 Å². The number of aliphatic hydroxyl groups excluding tert-OH is 1. The van der Waals surface area contributed by atoms with Gasteiger partial charge in [-0.25, -0.2) is 0 Å². The molecule has 0 aliphatic heterocycles. The van der Waals surface area contributed by atoms with E-state index in [1.165, 1.54) is 0 Å². The Kier molecular flexibility index (Phi) is 4.78. The summed E-state index contributed by atoms with van der Waals surface area (Å²) in [6.07, 6.45) is 0. The molecule has 84 valence electrons. The molecule has 0 amide bonds. The van der Waals surface area contributed by atoms with E-state index in [2.05, 4.69) is 0 Å². The molecule has 0 spiro atoms. The van der Waals surface area contributed by atoms with E-state index < -0.39 is 0 Å². The first-order valence-corrected chi connectivity index (χ1v) is 5.67. The molecule has 0 aliphatic rings. The summed E-state index contributed by atoms with van der Waals surface area (Å²) in [5.74, 6) is 2.32. The second-order valence-corrected chi connectivity index (χ2v) is 4.18. The zero-order valence-electron chi connectivity index (χ0n) is 9.24. The molecule has 0 fully saturated rings. The topological polar surface area (TPSA) is 38.7 Å². The van der Waals surface area contributed by atoms with E-state index in [4.69, 9.17) is 14.6 Å². The molecule has 0 saturated carbocycles. The van der Waals surface area contributed by atoms with Crippen molar-refractivity contribution in [3.63, 3.8) is 0 Å². The first kappa shape index (κ1) is 12.2. The Hall–Kier alpha value is -0.870. The zero-order chi connectivity index (χ0) is 11.3. The summed E-state index contributed by atoms with van der Waals surface area (Å²) in [7, 11) is 3.29. The third kappa shape index (κ3) is 3.04. The normalized spacial score (nSPS) is 10.1. The molecular weight excluding hydrogens is 212 g/mol. The van der Waals surface area contributed by atoms with Crippen LogP contribution in [-0.4, -0.2) is 31.7 Å². The predicted molar refractivity (Wildman–Crippen MR) is 62.1 cm³/mol. The first-order chi connectivity index (χ1) is 7.22. The Balaban J connectivity index is 2.99. The largest absolute Gasteiger partial charge is 0.496 e. The van der Waals surface area contributed by atoms with Gasteiger partial charge in [0, 0.05) is 5.75 Å². The predicted octanol–water partition coefficient (Wildman–Crippen LogP) is 2.10. The Morgan fingerprint density at radius 2 is 1.87 bits per heavy atom. The number of hydrogen-bond acceptors (Lipinski definition) is 4. The van der Waals surface area contributed by atoms with Gasteiger partial charge in [-0.1, -0.05) is 0 Å². The lowest BCUT2D eigenvalue weighted by molar-refractivity contribution is 0.322. The highest BCUT2D eigenvalue weighted by Crippen LogP contribution is 2.34. The molecule has 0 aromatic heterocycles. The average Bonchev–Trinajstić information content (AvgIpc) is 2.26. The highest BCUT2D eigenvalue weighted by molar-refractivity contribution is 7.99. The molecule has 1 aromatic carbocycles. The second-order valence-electron chi connectivity index (χ2n) is 3.04. The van der Waals surface area contributed by atoms with Crippen LogP contribution in [0.3, 0.4) is 0 Å². The minimum absolute atomic E-state index is 0.157. The van der Waals surface area contributed by atoms with Crippen LogP contribution in [0.25, 0.3) is 0 Å². The van der Waals surface area contributed by atoms with Crippen LogP contribution >= 0.6 is 11.8 Å². The van der Waals surface area contributed by atoms with Crippen molar-refractivity contribution < 1.29 is 14.6 Å². The standard InChI is InChI=1S/C11H16O3S/c1-8-6-10(14-3)11(15-5-4-12)7-9(8)13-2/h6-7,12H,4-5H2,1-3H3. The number of hydrogen-bond donors (Lipinski definition) is 1. The van der Waals surface area contributed by atoms with Gasteiger partial charge in [0.1, 0.15) is 11.5 Å². The van der Waals surface area contributed by atoms with Crippen molar-refractivity contribution in [2.24, 2.45) is 0 Å². The van der Waals surface area contributed by atoms with E-state index in [1.54, 1.807) is 26.0 Å². The van der Waals surface area contributed by atoms with Gasteiger partial charge in [0.05, 0.1) is 25.7 Å². The molecule has 0 heterocycles. The summed E-state index contributed by atoms with van der Waals surface area (Å²) < 4.78 is 10.5. The number of benzene rings is 1. The molecule has 0 radical (unpaired) electrons. The first-order valence-electron chi connectivity index (χ1n) is 4.69. The van der Waals surface area contributed by atoms with Gasteiger partial charge in [0.2, 0.25) is 0 Å². The Morgan fingerprint density at radius 1 is 1.20 bits per heavy atom. The highest BCUT2D eigenvalue weighted by Gasteiger charge is 2.08. The third-order valence-corrected chi connectivity index (χ3v) is 3.05. The van der Waals surface area contributed by atoms with Crippen LogP contribution in [0.4, 0.5) is 0 Å². The van der Waals surface area contributed by atoms with Crippen LogP contribution in [0.5, 0.6) is 11.5 Å². The maximum absolute atomic E-state index is 8.78. The van der Waals surface area contributed by atoms with Crippen molar-refractivity contribution >= 4 is 11.8 Å². The summed E-state index contributed by atoms with van der Waals surface area (Å²) in [4.78, 5) is 0.994. The molecule has 0 unspecified atom stereocenters. The molecule has 1 N–H and O–H groups in total. The zero-order valence-corrected chi connectivity index (χ0v) is 10.1. The lowest BCUT2D eigenvalue weighted by atomic mass is 10.2. The van der Waals surface area contributed by atoms with Gasteiger partial charge in [-0.3, -0.25) is 0 Å². The van der Waals surface area contributed by atoms with Crippen molar-refractivity contribution in [3.05, 3.63) is 17.7 Å². The van der Waals surface area contributed by atoms with Gasteiger partial charge >= 0.3 is 0 Å². The molecule has 0 saturated heterocycles. The van der Waals surface area contributed by atoms with Gasteiger partial charge in [-0.15, -0.1) is 11.8 Å². The molecule has 0 bridgehead atoms. The van der Waals surface area contributed by atoms with Crippen molar-refractivity contribution in [1.82, 2.24) is 0 Å². The summed E-state index contributed by atoms with van der Waals surface area (Å²) >= 11 is 1.55. The summed E-state index contributed by atoms with van der Waals surface area (Å²) in [6, 6.07) is 3.88. The van der Waals surface area contributed by atoms with Crippen LogP contribution in [0.2, 0.25) is 0 Å². The maximum atomic E-state index is 8.78. The van der Waals surface area contributed by atoms with Gasteiger partial charge in [0.25, 0.3) is 0 Å². The van der Waals surface area contributed by atoms with E-state index in [0.717, 1.165) is 22.0 Å². The van der Waals surface area contributed by atoms with Gasteiger partial charge in [-0.2, -0.15) is 0 Å². The fraction of sp³-hybridized carbons (Fsp3) is 0.455. The lowest BCUT2D eigenvalue weighted by Crippen LogP contribution is -1.94. The van der Waals surface area contributed by atoms with E-state index in [-0.39, 0.29) is 6.61 Å². The number of methoxy groups -OCH3 is 2. The number of aryl methyl sites for hydroxylation is 1. The lowest BCUT2D eigenvalue weighted by Gasteiger charge is -2.12. The fourth-order valence-corrected chi connectivity index (χ4v) is 2.08. The minimum Gasteiger partial charge on any atom is -0.496 e. The molecular formula is C11H16O3S. The Labute approximate surface area is 94.4 Å². The van der Waals surface area contributed by atoms with E-state index in [1.807, 2.05) is 19.1 Å². The third-order valence-electron chi connectivity index (χ3n) is 2.03. The molecule has 1 aromatic rings. The molecule has 0 atom stereocenters. The summed E-state index contributed by atoms with van der Waals surface area (Å²) in [5.41, 5.74) is 1.04. The van der Waals surface area contributed by atoms with Crippen LogP contribution in [0.15, 0.2) is 17.0 Å².